The van der Waals surface area contributed by atoms with E-state index in [9.17, 15) is 13.6 Å². The molecule has 1 amide bonds. The maximum atomic E-state index is 14.0. The van der Waals surface area contributed by atoms with Crippen LogP contribution in [-0.4, -0.2) is 22.3 Å². The fourth-order valence-corrected chi connectivity index (χ4v) is 3.44. The number of oxazole rings is 1. The van der Waals surface area contributed by atoms with Crippen molar-refractivity contribution in [2.24, 2.45) is 0 Å². The predicted octanol–water partition coefficient (Wildman–Crippen LogP) is 4.52. The lowest BCUT2D eigenvalue weighted by molar-refractivity contribution is 0.0710. The van der Waals surface area contributed by atoms with Crippen molar-refractivity contribution in [3.8, 4) is 0 Å². The highest BCUT2D eigenvalue weighted by Crippen LogP contribution is 2.33. The van der Waals surface area contributed by atoms with Gasteiger partial charge in [-0.15, -0.1) is 0 Å². The SMILES string of the molecule is O=C(c1ccccc1F)N1CCC[C@@H]1c1ncc(Cc2ccccc2F)o1. The van der Waals surface area contributed by atoms with Gasteiger partial charge in [-0.05, 0) is 36.6 Å². The molecule has 0 unspecified atom stereocenters. The van der Waals surface area contributed by atoms with Gasteiger partial charge in [0.15, 0.2) is 0 Å². The van der Waals surface area contributed by atoms with Crippen LogP contribution in [0.3, 0.4) is 0 Å². The molecule has 6 heteroatoms. The molecule has 1 aliphatic rings. The van der Waals surface area contributed by atoms with Crippen molar-refractivity contribution in [1.29, 1.82) is 0 Å². The largest absolute Gasteiger partial charge is 0.443 e. The van der Waals surface area contributed by atoms with Gasteiger partial charge in [-0.25, -0.2) is 13.8 Å². The normalized spacial score (nSPS) is 16.7. The first-order chi connectivity index (χ1) is 13.1. The van der Waals surface area contributed by atoms with Crippen molar-refractivity contribution >= 4 is 5.91 Å². The van der Waals surface area contributed by atoms with Crippen LogP contribution in [0.2, 0.25) is 0 Å². The van der Waals surface area contributed by atoms with Gasteiger partial charge in [-0.1, -0.05) is 30.3 Å². The van der Waals surface area contributed by atoms with Gasteiger partial charge < -0.3 is 9.32 Å². The lowest BCUT2D eigenvalue weighted by Gasteiger charge is -2.22. The molecule has 1 fully saturated rings. The van der Waals surface area contributed by atoms with E-state index in [0.29, 0.717) is 30.2 Å². The molecule has 0 saturated carbocycles. The number of benzene rings is 2. The molecule has 0 aliphatic carbocycles. The summed E-state index contributed by atoms with van der Waals surface area (Å²) in [5.41, 5.74) is 0.563. The Labute approximate surface area is 155 Å². The molecule has 1 atom stereocenters. The van der Waals surface area contributed by atoms with Crippen molar-refractivity contribution in [1.82, 2.24) is 9.88 Å². The molecule has 0 radical (unpaired) electrons. The highest BCUT2D eigenvalue weighted by atomic mass is 19.1. The molecule has 0 N–H and O–H groups in total. The van der Waals surface area contributed by atoms with Gasteiger partial charge in [0.05, 0.1) is 11.8 Å². The summed E-state index contributed by atoms with van der Waals surface area (Å²) in [6.07, 6.45) is 3.33. The average Bonchev–Trinajstić information content (AvgIpc) is 3.32. The van der Waals surface area contributed by atoms with E-state index in [4.69, 9.17) is 4.42 Å². The Morgan fingerprint density at radius 3 is 2.63 bits per heavy atom. The quantitative estimate of drug-likeness (QED) is 0.680. The summed E-state index contributed by atoms with van der Waals surface area (Å²) < 4.78 is 33.6. The summed E-state index contributed by atoms with van der Waals surface area (Å²) in [6.45, 7) is 0.517. The number of hydrogen-bond acceptors (Lipinski definition) is 3. The predicted molar refractivity (Wildman–Crippen MR) is 95.1 cm³/mol. The van der Waals surface area contributed by atoms with Crippen LogP contribution in [0.4, 0.5) is 8.78 Å². The zero-order valence-electron chi connectivity index (χ0n) is 14.6. The van der Waals surface area contributed by atoms with E-state index >= 15 is 0 Å². The van der Waals surface area contributed by atoms with Gasteiger partial charge in [0.2, 0.25) is 5.89 Å². The highest BCUT2D eigenvalue weighted by Gasteiger charge is 2.34. The van der Waals surface area contributed by atoms with Crippen LogP contribution in [0.5, 0.6) is 0 Å². The number of amides is 1. The van der Waals surface area contributed by atoms with Crippen LogP contribution in [0.25, 0.3) is 0 Å². The van der Waals surface area contributed by atoms with Crippen LogP contribution >= 0.6 is 0 Å². The Kier molecular flexibility index (Phi) is 4.71. The number of aromatic nitrogens is 1. The second-order valence-electron chi connectivity index (χ2n) is 6.57. The molecule has 1 saturated heterocycles. The first-order valence-corrected chi connectivity index (χ1v) is 8.87. The molecule has 27 heavy (non-hydrogen) atoms. The molecule has 2 heterocycles. The van der Waals surface area contributed by atoms with E-state index in [1.807, 2.05) is 0 Å². The number of hydrogen-bond donors (Lipinski definition) is 0. The summed E-state index contributed by atoms with van der Waals surface area (Å²) in [5.74, 6) is -0.276. The standard InChI is InChI=1S/C21H18F2N2O2/c22-17-8-3-1-6-14(17)12-15-13-24-20(27-15)19-10-5-11-25(19)21(26)16-7-2-4-9-18(16)23/h1-4,6-9,13,19H,5,10-12H2/t19-/m1/s1. The Bertz CT molecular complexity index is 970. The fourth-order valence-electron chi connectivity index (χ4n) is 3.44. The lowest BCUT2D eigenvalue weighted by atomic mass is 10.1. The van der Waals surface area contributed by atoms with Crippen molar-refractivity contribution in [2.45, 2.75) is 25.3 Å². The number of halogens is 2. The Hall–Kier alpha value is -3.02. The summed E-state index contributed by atoms with van der Waals surface area (Å²) in [7, 11) is 0. The van der Waals surface area contributed by atoms with Crippen LogP contribution in [0.1, 0.15) is 46.5 Å². The Balaban J connectivity index is 1.55. The van der Waals surface area contributed by atoms with Crippen molar-refractivity contribution < 1.29 is 18.0 Å². The fraction of sp³-hybridized carbons (Fsp3) is 0.238. The third kappa shape index (κ3) is 3.47. The molecule has 1 aromatic heterocycles. The maximum absolute atomic E-state index is 14.0. The Morgan fingerprint density at radius 2 is 1.85 bits per heavy atom. The van der Waals surface area contributed by atoms with E-state index in [0.717, 1.165) is 6.42 Å². The minimum Gasteiger partial charge on any atom is -0.443 e. The zero-order valence-corrected chi connectivity index (χ0v) is 14.6. The van der Waals surface area contributed by atoms with E-state index in [1.54, 1.807) is 41.4 Å². The van der Waals surface area contributed by atoms with Gasteiger partial charge in [-0.2, -0.15) is 0 Å². The molecule has 138 valence electrons. The number of carbonyl (C=O) groups excluding carboxylic acids is 1. The van der Waals surface area contributed by atoms with Gasteiger partial charge >= 0.3 is 0 Å². The highest BCUT2D eigenvalue weighted by molar-refractivity contribution is 5.94. The van der Waals surface area contributed by atoms with E-state index in [-0.39, 0.29) is 29.8 Å². The van der Waals surface area contributed by atoms with Crippen LogP contribution in [0.15, 0.2) is 59.1 Å². The summed E-state index contributed by atoms with van der Waals surface area (Å²) in [4.78, 5) is 18.7. The smallest absolute Gasteiger partial charge is 0.257 e. The lowest BCUT2D eigenvalue weighted by Crippen LogP contribution is -2.31. The molecule has 0 spiro atoms. The van der Waals surface area contributed by atoms with Crippen molar-refractivity contribution in [3.63, 3.8) is 0 Å². The third-order valence-corrected chi connectivity index (χ3v) is 4.80. The van der Waals surface area contributed by atoms with Gasteiger partial charge in [0, 0.05) is 13.0 Å². The topological polar surface area (TPSA) is 46.3 Å². The molecule has 1 aliphatic heterocycles. The number of likely N-dealkylation sites (tertiary alicyclic amines) is 1. The van der Waals surface area contributed by atoms with E-state index in [2.05, 4.69) is 4.98 Å². The van der Waals surface area contributed by atoms with E-state index < -0.39 is 5.82 Å². The summed E-state index contributed by atoms with van der Waals surface area (Å²) in [6, 6.07) is 12.1. The summed E-state index contributed by atoms with van der Waals surface area (Å²) >= 11 is 0. The van der Waals surface area contributed by atoms with Gasteiger partial charge in [0.1, 0.15) is 23.4 Å². The first-order valence-electron chi connectivity index (χ1n) is 8.87. The maximum Gasteiger partial charge on any atom is 0.257 e. The first kappa shape index (κ1) is 17.4. The Morgan fingerprint density at radius 1 is 1.11 bits per heavy atom. The second-order valence-corrected chi connectivity index (χ2v) is 6.57. The minimum absolute atomic E-state index is 0.0440. The molecule has 4 rings (SSSR count). The number of nitrogens with zero attached hydrogens (tertiary/aromatic N) is 2. The summed E-state index contributed by atoms with van der Waals surface area (Å²) in [5, 5.41) is 0. The molecule has 4 nitrogen and oxygen atoms in total. The molecular weight excluding hydrogens is 350 g/mol. The van der Waals surface area contributed by atoms with E-state index in [1.165, 1.54) is 18.2 Å². The van der Waals surface area contributed by atoms with Crippen molar-refractivity contribution in [2.75, 3.05) is 6.54 Å². The zero-order chi connectivity index (χ0) is 18.8. The number of rotatable bonds is 4. The molecule has 0 bridgehead atoms. The van der Waals surface area contributed by atoms with Crippen LogP contribution < -0.4 is 0 Å². The van der Waals surface area contributed by atoms with Crippen LogP contribution in [-0.2, 0) is 6.42 Å². The van der Waals surface area contributed by atoms with Gasteiger partial charge in [0.25, 0.3) is 5.91 Å². The molecular formula is C21H18F2N2O2. The average molecular weight is 368 g/mol. The number of carbonyl (C=O) groups is 1. The van der Waals surface area contributed by atoms with Crippen molar-refractivity contribution in [3.05, 3.63) is 89.1 Å². The van der Waals surface area contributed by atoms with Gasteiger partial charge in [-0.3, -0.25) is 4.79 Å². The molecule has 2 aromatic carbocycles. The second kappa shape index (κ2) is 7.31. The monoisotopic (exact) mass is 368 g/mol. The molecule has 3 aromatic rings. The minimum atomic E-state index is -0.541. The van der Waals surface area contributed by atoms with Crippen LogP contribution in [0, 0.1) is 11.6 Å². The third-order valence-electron chi connectivity index (χ3n) is 4.80.